The minimum Gasteiger partial charge on any atom is -0.364 e. The largest absolute Gasteiger partial charge is 0.364 e. The van der Waals surface area contributed by atoms with Crippen molar-refractivity contribution in [2.24, 2.45) is 5.73 Å². The average Bonchev–Trinajstić information content (AvgIpc) is 2.77. The topological polar surface area (TPSA) is 78.0 Å². The Balaban J connectivity index is 2.59. The zero-order valence-electron chi connectivity index (χ0n) is 8.63. The van der Waals surface area contributed by atoms with Gasteiger partial charge in [-0.2, -0.15) is 5.10 Å². The molecule has 2 N–H and O–H groups in total. The fourth-order valence-electron chi connectivity index (χ4n) is 1.45. The van der Waals surface area contributed by atoms with Crippen LogP contribution in [0.3, 0.4) is 0 Å². The summed E-state index contributed by atoms with van der Waals surface area (Å²) in [7, 11) is 0. The first-order chi connectivity index (χ1) is 8.13. The molecule has 6 heteroatoms. The molecule has 0 unspecified atom stereocenters. The van der Waals surface area contributed by atoms with E-state index in [1.165, 1.54) is 30.5 Å². The standard InChI is InChI=1S/C11H8FN3O2/c12-8-3-1-2-7(6-16)10(8)15-5-4-9(14-15)11(13)17/h1-6H,(H2,13,17). The quantitative estimate of drug-likeness (QED) is 0.801. The smallest absolute Gasteiger partial charge is 0.269 e. The van der Waals surface area contributed by atoms with Crippen LogP contribution in [-0.4, -0.2) is 22.0 Å². The first kappa shape index (κ1) is 11.0. The van der Waals surface area contributed by atoms with E-state index in [1.807, 2.05) is 0 Å². The second-order valence-corrected chi connectivity index (χ2v) is 3.31. The summed E-state index contributed by atoms with van der Waals surface area (Å²) in [6.45, 7) is 0. The van der Waals surface area contributed by atoms with Gasteiger partial charge in [0.05, 0.1) is 0 Å². The number of benzene rings is 1. The van der Waals surface area contributed by atoms with Crippen molar-refractivity contribution in [1.82, 2.24) is 9.78 Å². The number of amides is 1. The predicted octanol–water partition coefficient (Wildman–Crippen LogP) is 0.923. The lowest BCUT2D eigenvalue weighted by molar-refractivity contribution is 0.0995. The molecule has 1 amide bonds. The second-order valence-electron chi connectivity index (χ2n) is 3.31. The fraction of sp³-hybridized carbons (Fsp3) is 0. The Bertz CT molecular complexity index is 592. The Morgan fingerprint density at radius 1 is 1.41 bits per heavy atom. The van der Waals surface area contributed by atoms with Gasteiger partial charge in [-0.3, -0.25) is 9.59 Å². The molecule has 2 aromatic rings. The summed E-state index contributed by atoms with van der Waals surface area (Å²) < 4.78 is 14.7. The van der Waals surface area contributed by atoms with E-state index in [-0.39, 0.29) is 16.9 Å². The van der Waals surface area contributed by atoms with E-state index in [0.717, 1.165) is 4.68 Å². The maximum atomic E-state index is 13.6. The minimum atomic E-state index is -0.715. The number of para-hydroxylation sites is 1. The Morgan fingerprint density at radius 2 is 2.18 bits per heavy atom. The van der Waals surface area contributed by atoms with Crippen LogP contribution in [0.15, 0.2) is 30.5 Å². The van der Waals surface area contributed by atoms with E-state index in [1.54, 1.807) is 0 Å². The number of aromatic nitrogens is 2. The van der Waals surface area contributed by atoms with Gasteiger partial charge in [-0.25, -0.2) is 9.07 Å². The lowest BCUT2D eigenvalue weighted by Crippen LogP contribution is -2.13. The van der Waals surface area contributed by atoms with Crippen LogP contribution in [0.5, 0.6) is 0 Å². The summed E-state index contributed by atoms with van der Waals surface area (Å²) in [4.78, 5) is 21.7. The predicted molar refractivity (Wildman–Crippen MR) is 57.4 cm³/mol. The molecule has 2 rings (SSSR count). The van der Waals surface area contributed by atoms with Gasteiger partial charge in [0.1, 0.15) is 17.2 Å². The normalized spacial score (nSPS) is 10.2. The summed E-state index contributed by atoms with van der Waals surface area (Å²) >= 11 is 0. The molecule has 1 aromatic carbocycles. The van der Waals surface area contributed by atoms with Crippen molar-refractivity contribution in [3.63, 3.8) is 0 Å². The van der Waals surface area contributed by atoms with Crippen LogP contribution in [-0.2, 0) is 0 Å². The molecule has 17 heavy (non-hydrogen) atoms. The molecule has 0 fully saturated rings. The van der Waals surface area contributed by atoms with Crippen LogP contribution in [0, 0.1) is 5.82 Å². The van der Waals surface area contributed by atoms with Crippen molar-refractivity contribution >= 4 is 12.2 Å². The van der Waals surface area contributed by atoms with Gasteiger partial charge in [-0.1, -0.05) is 6.07 Å². The van der Waals surface area contributed by atoms with E-state index in [0.29, 0.717) is 6.29 Å². The SMILES string of the molecule is NC(=O)c1ccn(-c2c(F)cccc2C=O)n1. The monoisotopic (exact) mass is 233 g/mol. The van der Waals surface area contributed by atoms with Crippen molar-refractivity contribution in [1.29, 1.82) is 0 Å². The number of nitrogens with zero attached hydrogens (tertiary/aromatic N) is 2. The van der Waals surface area contributed by atoms with Gasteiger partial charge in [0.25, 0.3) is 5.91 Å². The van der Waals surface area contributed by atoms with Gasteiger partial charge in [0.2, 0.25) is 0 Å². The van der Waals surface area contributed by atoms with Gasteiger partial charge in [0.15, 0.2) is 6.29 Å². The lowest BCUT2D eigenvalue weighted by Gasteiger charge is -2.05. The molecule has 5 nitrogen and oxygen atoms in total. The molecular weight excluding hydrogens is 225 g/mol. The number of halogens is 1. The number of nitrogens with two attached hydrogens (primary N) is 1. The Labute approximate surface area is 95.7 Å². The maximum Gasteiger partial charge on any atom is 0.269 e. The third kappa shape index (κ3) is 1.92. The zero-order valence-corrected chi connectivity index (χ0v) is 8.63. The Kier molecular flexibility index (Phi) is 2.70. The average molecular weight is 233 g/mol. The first-order valence-corrected chi connectivity index (χ1v) is 4.73. The van der Waals surface area contributed by atoms with Gasteiger partial charge < -0.3 is 5.73 Å². The Hall–Kier alpha value is -2.50. The molecule has 0 radical (unpaired) electrons. The van der Waals surface area contributed by atoms with E-state index in [9.17, 15) is 14.0 Å². The molecule has 0 aliphatic heterocycles. The molecule has 0 saturated heterocycles. The molecule has 86 valence electrons. The number of aldehydes is 1. The molecule has 0 bridgehead atoms. The molecule has 0 aliphatic carbocycles. The third-order valence-corrected chi connectivity index (χ3v) is 2.22. The van der Waals surface area contributed by atoms with E-state index < -0.39 is 11.7 Å². The van der Waals surface area contributed by atoms with E-state index in [2.05, 4.69) is 5.10 Å². The molecule has 0 spiro atoms. The second kappa shape index (κ2) is 4.17. The van der Waals surface area contributed by atoms with Crippen LogP contribution in [0.2, 0.25) is 0 Å². The third-order valence-electron chi connectivity index (χ3n) is 2.22. The highest BCUT2D eigenvalue weighted by Crippen LogP contribution is 2.16. The van der Waals surface area contributed by atoms with Crippen molar-refractivity contribution in [2.45, 2.75) is 0 Å². The summed E-state index contributed by atoms with van der Waals surface area (Å²) in [5.41, 5.74) is 5.18. The number of carbonyl (C=O) groups is 2. The van der Waals surface area contributed by atoms with Gasteiger partial charge in [0, 0.05) is 11.8 Å². The van der Waals surface area contributed by atoms with Gasteiger partial charge in [-0.15, -0.1) is 0 Å². The van der Waals surface area contributed by atoms with Gasteiger partial charge in [-0.05, 0) is 18.2 Å². The molecular formula is C11H8FN3O2. The molecule has 0 atom stereocenters. The number of hydrogen-bond donors (Lipinski definition) is 1. The zero-order chi connectivity index (χ0) is 12.4. The highest BCUT2D eigenvalue weighted by Gasteiger charge is 2.13. The Morgan fingerprint density at radius 3 is 2.76 bits per heavy atom. The highest BCUT2D eigenvalue weighted by molar-refractivity contribution is 5.90. The summed E-state index contributed by atoms with van der Waals surface area (Å²) in [5, 5.41) is 3.79. The van der Waals surface area contributed by atoms with Crippen molar-refractivity contribution in [3.05, 3.63) is 47.5 Å². The number of carbonyl (C=O) groups excluding carboxylic acids is 2. The number of primary amides is 1. The van der Waals surface area contributed by atoms with E-state index in [4.69, 9.17) is 5.73 Å². The fourth-order valence-corrected chi connectivity index (χ4v) is 1.45. The maximum absolute atomic E-state index is 13.6. The molecule has 1 aromatic heterocycles. The number of rotatable bonds is 3. The van der Waals surface area contributed by atoms with Crippen LogP contribution < -0.4 is 5.73 Å². The van der Waals surface area contributed by atoms with Crippen molar-refractivity contribution in [3.8, 4) is 5.69 Å². The molecule has 0 aliphatic rings. The summed E-state index contributed by atoms with van der Waals surface area (Å²) in [5.74, 6) is -1.32. The van der Waals surface area contributed by atoms with Crippen LogP contribution in [0.4, 0.5) is 4.39 Å². The van der Waals surface area contributed by atoms with Gasteiger partial charge >= 0.3 is 0 Å². The minimum absolute atomic E-state index is 0.00463. The highest BCUT2D eigenvalue weighted by atomic mass is 19.1. The van der Waals surface area contributed by atoms with Crippen molar-refractivity contribution in [2.75, 3.05) is 0 Å². The lowest BCUT2D eigenvalue weighted by atomic mass is 10.2. The van der Waals surface area contributed by atoms with Crippen molar-refractivity contribution < 1.29 is 14.0 Å². The molecule has 0 saturated carbocycles. The van der Waals surface area contributed by atoms with E-state index >= 15 is 0 Å². The molecule has 1 heterocycles. The van der Waals surface area contributed by atoms with Crippen LogP contribution in [0.25, 0.3) is 5.69 Å². The number of hydrogen-bond acceptors (Lipinski definition) is 3. The van der Waals surface area contributed by atoms with Crippen LogP contribution >= 0.6 is 0 Å². The van der Waals surface area contributed by atoms with Crippen LogP contribution in [0.1, 0.15) is 20.8 Å². The first-order valence-electron chi connectivity index (χ1n) is 4.73. The summed E-state index contributed by atoms with van der Waals surface area (Å²) in [6.07, 6.45) is 1.88. The summed E-state index contributed by atoms with van der Waals surface area (Å²) in [6, 6.07) is 5.43.